The van der Waals surface area contributed by atoms with Crippen LogP contribution in [-0.4, -0.2) is 35.7 Å². The van der Waals surface area contributed by atoms with Gasteiger partial charge in [0.25, 0.3) is 0 Å². The van der Waals surface area contributed by atoms with Crippen LogP contribution in [0.2, 0.25) is 0 Å². The highest BCUT2D eigenvalue weighted by Crippen LogP contribution is 2.44. The highest BCUT2D eigenvalue weighted by Gasteiger charge is 2.36. The van der Waals surface area contributed by atoms with Gasteiger partial charge in [0, 0.05) is 17.9 Å². The summed E-state index contributed by atoms with van der Waals surface area (Å²) in [6.07, 6.45) is 0.265. The summed E-state index contributed by atoms with van der Waals surface area (Å²) in [4.78, 5) is 36.2. The number of hydrogen-bond acceptors (Lipinski definition) is 4. The first-order valence-electron chi connectivity index (χ1n) is 11.4. The quantitative estimate of drug-likeness (QED) is 0.477. The van der Waals surface area contributed by atoms with Gasteiger partial charge in [0.2, 0.25) is 5.91 Å². The van der Waals surface area contributed by atoms with Gasteiger partial charge >= 0.3 is 12.1 Å². The van der Waals surface area contributed by atoms with E-state index in [1.54, 1.807) is 0 Å². The first-order valence-corrected chi connectivity index (χ1v) is 11.4. The van der Waals surface area contributed by atoms with Crippen molar-refractivity contribution < 1.29 is 28.6 Å². The molecule has 5 rings (SSSR count). The van der Waals surface area contributed by atoms with Crippen molar-refractivity contribution >= 4 is 23.7 Å². The largest absolute Gasteiger partial charge is 0.478 e. The molecule has 2 aliphatic rings. The Morgan fingerprint density at radius 1 is 0.943 bits per heavy atom. The molecule has 0 atom stereocenters. The lowest BCUT2D eigenvalue weighted by Crippen LogP contribution is -2.48. The SMILES string of the molecule is O=C(NC1CC(C(=O)Nc2ccc(F)cc2C(=O)O)C1)OCC1c2ccccc2-c2ccccc21. The van der Waals surface area contributed by atoms with Crippen molar-refractivity contribution in [1.82, 2.24) is 5.32 Å². The summed E-state index contributed by atoms with van der Waals surface area (Å²) in [5, 5.41) is 14.5. The van der Waals surface area contributed by atoms with Crippen LogP contribution >= 0.6 is 0 Å². The summed E-state index contributed by atoms with van der Waals surface area (Å²) in [6.45, 7) is 0.207. The summed E-state index contributed by atoms with van der Waals surface area (Å²) in [5.41, 5.74) is 4.28. The standard InChI is InChI=1S/C27H23FN2O5/c28-16-9-10-24(22(13-16)26(32)33)30-25(31)15-11-17(12-15)29-27(34)35-14-23-20-7-3-1-5-18(20)19-6-2-4-8-21(19)23/h1-10,13,15,17,23H,11-12,14H2,(H,29,34)(H,30,31)(H,32,33). The Bertz CT molecular complexity index is 1270. The number of rotatable bonds is 6. The summed E-state index contributed by atoms with van der Waals surface area (Å²) in [6, 6.07) is 19.1. The first kappa shape index (κ1) is 22.6. The van der Waals surface area contributed by atoms with E-state index in [1.165, 1.54) is 6.07 Å². The van der Waals surface area contributed by atoms with Crippen molar-refractivity contribution in [3.05, 3.63) is 89.2 Å². The molecule has 0 unspecified atom stereocenters. The maximum Gasteiger partial charge on any atom is 0.407 e. The van der Waals surface area contributed by atoms with Crippen LogP contribution < -0.4 is 10.6 Å². The predicted molar refractivity (Wildman–Crippen MR) is 127 cm³/mol. The number of benzene rings is 3. The number of carbonyl (C=O) groups is 3. The number of carboxylic acids is 1. The van der Waals surface area contributed by atoms with Crippen LogP contribution in [0.15, 0.2) is 66.7 Å². The van der Waals surface area contributed by atoms with E-state index in [9.17, 15) is 23.9 Å². The van der Waals surface area contributed by atoms with Gasteiger partial charge in [-0.2, -0.15) is 0 Å². The van der Waals surface area contributed by atoms with Crippen LogP contribution in [-0.2, 0) is 9.53 Å². The molecule has 3 N–H and O–H groups in total. The number of alkyl carbamates (subject to hydrolysis) is 1. The highest BCUT2D eigenvalue weighted by atomic mass is 19.1. The van der Waals surface area contributed by atoms with Crippen molar-refractivity contribution in [3.63, 3.8) is 0 Å². The maximum atomic E-state index is 13.3. The number of fused-ring (bicyclic) bond motifs is 3. The van der Waals surface area contributed by atoms with Crippen LogP contribution in [0.5, 0.6) is 0 Å². The Labute approximate surface area is 200 Å². The van der Waals surface area contributed by atoms with Crippen LogP contribution in [0.3, 0.4) is 0 Å². The van der Waals surface area contributed by atoms with E-state index in [0.717, 1.165) is 34.4 Å². The molecule has 0 bridgehead atoms. The number of nitrogens with one attached hydrogen (secondary N) is 2. The number of hydrogen-bond donors (Lipinski definition) is 3. The second-order valence-electron chi connectivity index (χ2n) is 8.82. The number of aromatic carboxylic acids is 1. The summed E-state index contributed by atoms with van der Waals surface area (Å²) in [5.74, 6) is -2.82. The van der Waals surface area contributed by atoms with Gasteiger partial charge in [0.1, 0.15) is 12.4 Å². The van der Waals surface area contributed by atoms with Crippen molar-refractivity contribution in [1.29, 1.82) is 0 Å². The fraction of sp³-hybridized carbons (Fsp3) is 0.222. The van der Waals surface area contributed by atoms with Crippen LogP contribution in [0.1, 0.15) is 40.2 Å². The smallest absolute Gasteiger partial charge is 0.407 e. The molecule has 2 aliphatic carbocycles. The summed E-state index contributed by atoms with van der Waals surface area (Å²) in [7, 11) is 0. The molecule has 0 heterocycles. The second-order valence-corrected chi connectivity index (χ2v) is 8.82. The molecular weight excluding hydrogens is 451 g/mol. The Kier molecular flexibility index (Phi) is 5.94. The molecule has 0 saturated heterocycles. The van der Waals surface area contributed by atoms with E-state index < -0.39 is 17.9 Å². The molecule has 35 heavy (non-hydrogen) atoms. The highest BCUT2D eigenvalue weighted by molar-refractivity contribution is 6.01. The van der Waals surface area contributed by atoms with Gasteiger partial charge in [-0.25, -0.2) is 14.0 Å². The summed E-state index contributed by atoms with van der Waals surface area (Å²) >= 11 is 0. The topological polar surface area (TPSA) is 105 Å². The van der Waals surface area contributed by atoms with E-state index in [2.05, 4.69) is 22.8 Å². The lowest BCUT2D eigenvalue weighted by Gasteiger charge is -2.34. The predicted octanol–water partition coefficient (Wildman–Crippen LogP) is 4.78. The molecule has 2 amide bonds. The summed E-state index contributed by atoms with van der Waals surface area (Å²) < 4.78 is 18.9. The third-order valence-corrected chi connectivity index (χ3v) is 6.64. The number of anilines is 1. The molecule has 1 saturated carbocycles. The van der Waals surface area contributed by atoms with Gasteiger partial charge in [-0.15, -0.1) is 0 Å². The van der Waals surface area contributed by atoms with E-state index in [0.29, 0.717) is 12.8 Å². The van der Waals surface area contributed by atoms with Gasteiger partial charge in [-0.05, 0) is 53.3 Å². The van der Waals surface area contributed by atoms with Gasteiger partial charge < -0.3 is 20.5 Å². The van der Waals surface area contributed by atoms with Gasteiger partial charge in [-0.1, -0.05) is 48.5 Å². The third-order valence-electron chi connectivity index (χ3n) is 6.64. The Hall–Kier alpha value is -4.20. The third kappa shape index (κ3) is 4.47. The molecule has 1 fully saturated rings. The number of amides is 2. The number of carboxylic acid groups (broad SMARTS) is 1. The molecule has 0 radical (unpaired) electrons. The van der Waals surface area contributed by atoms with Crippen molar-refractivity contribution in [2.45, 2.75) is 24.8 Å². The number of ether oxygens (including phenoxy) is 1. The first-order chi connectivity index (χ1) is 16.9. The van der Waals surface area contributed by atoms with Crippen LogP contribution in [0.25, 0.3) is 11.1 Å². The Morgan fingerprint density at radius 3 is 2.20 bits per heavy atom. The normalized spacial score (nSPS) is 18.1. The molecule has 0 aromatic heterocycles. The fourth-order valence-corrected chi connectivity index (χ4v) is 4.79. The molecule has 3 aromatic rings. The number of halogens is 1. The minimum atomic E-state index is -1.33. The lowest BCUT2D eigenvalue weighted by molar-refractivity contribution is -0.122. The molecule has 0 aliphatic heterocycles. The zero-order valence-electron chi connectivity index (χ0n) is 18.7. The van der Waals surface area contributed by atoms with Crippen LogP contribution in [0, 0.1) is 11.7 Å². The average Bonchev–Trinajstić information content (AvgIpc) is 3.14. The van der Waals surface area contributed by atoms with Crippen LogP contribution in [0.4, 0.5) is 14.9 Å². The fourth-order valence-electron chi connectivity index (χ4n) is 4.79. The molecular formula is C27H23FN2O5. The van der Waals surface area contributed by atoms with Gasteiger partial charge in [0.05, 0.1) is 11.3 Å². The molecule has 178 valence electrons. The monoisotopic (exact) mass is 474 g/mol. The van der Waals surface area contributed by atoms with Gasteiger partial charge in [-0.3, -0.25) is 4.79 Å². The van der Waals surface area contributed by atoms with Crippen molar-refractivity contribution in [3.8, 4) is 11.1 Å². The minimum absolute atomic E-state index is 0.0350. The molecule has 0 spiro atoms. The zero-order valence-corrected chi connectivity index (χ0v) is 18.7. The van der Waals surface area contributed by atoms with E-state index in [4.69, 9.17) is 4.74 Å². The molecule has 8 heteroatoms. The molecule has 7 nitrogen and oxygen atoms in total. The lowest BCUT2D eigenvalue weighted by atomic mass is 9.79. The maximum absolute atomic E-state index is 13.3. The van der Waals surface area contributed by atoms with E-state index in [-0.39, 0.29) is 41.6 Å². The van der Waals surface area contributed by atoms with E-state index in [1.807, 2.05) is 36.4 Å². The second kappa shape index (κ2) is 9.21. The minimum Gasteiger partial charge on any atom is -0.478 e. The Balaban J connectivity index is 1.13. The number of carbonyl (C=O) groups excluding carboxylic acids is 2. The molecule has 3 aromatic carbocycles. The van der Waals surface area contributed by atoms with Crippen molar-refractivity contribution in [2.75, 3.05) is 11.9 Å². The van der Waals surface area contributed by atoms with E-state index >= 15 is 0 Å². The average molecular weight is 474 g/mol. The Morgan fingerprint density at radius 2 is 1.57 bits per heavy atom. The zero-order chi connectivity index (χ0) is 24.5. The van der Waals surface area contributed by atoms with Crippen molar-refractivity contribution in [2.24, 2.45) is 5.92 Å². The van der Waals surface area contributed by atoms with Gasteiger partial charge in [0.15, 0.2) is 0 Å².